The maximum absolute atomic E-state index is 8.06. The van der Waals surface area contributed by atoms with Crippen LogP contribution in [0, 0.1) is 0 Å². The van der Waals surface area contributed by atoms with Crippen LogP contribution in [-0.4, -0.2) is 31.6 Å². The standard InChI is InChI=1S/C3H9N.OSi/c1-4(2)3;1-2/h1-3H3;/q;-1/p+1. The van der Waals surface area contributed by atoms with Crippen molar-refractivity contribution in [3.63, 3.8) is 0 Å². The highest BCUT2D eigenvalue weighted by molar-refractivity contribution is 5.92. The Kier molecular flexibility index (Phi) is 14.1. The van der Waals surface area contributed by atoms with Gasteiger partial charge in [-0.2, -0.15) is 0 Å². The molecule has 0 heterocycles. The predicted molar refractivity (Wildman–Crippen MR) is 24.5 cm³/mol. The van der Waals surface area contributed by atoms with E-state index in [0.29, 0.717) is 0 Å². The summed E-state index contributed by atoms with van der Waals surface area (Å²) < 4.78 is 0. The zero-order valence-corrected chi connectivity index (χ0v) is 5.41. The number of hydrogen-bond acceptors (Lipinski definition) is 1. The molecule has 0 aliphatic heterocycles. The molecule has 1 N–H and O–H groups in total. The zero-order chi connectivity index (χ0) is 5.58. The minimum absolute atomic E-state index is 1.42. The monoisotopic (exact) mass is 104 g/mol. The van der Waals surface area contributed by atoms with Gasteiger partial charge in [0.1, 0.15) is 0 Å². The van der Waals surface area contributed by atoms with Gasteiger partial charge in [-0.05, 0) is 0 Å². The van der Waals surface area contributed by atoms with E-state index < -0.39 is 0 Å². The number of nitrogens with one attached hydrogen (secondary N) is 1. The van der Waals surface area contributed by atoms with Gasteiger partial charge in [-0.15, -0.1) is 10.5 Å². The quantitative estimate of drug-likeness (QED) is 0.330. The van der Waals surface area contributed by atoms with E-state index in [1.807, 2.05) is 0 Å². The molecule has 6 heavy (non-hydrogen) atoms. The second kappa shape index (κ2) is 8.93. The summed E-state index contributed by atoms with van der Waals surface area (Å²) in [6.07, 6.45) is 0. The molecule has 2 nitrogen and oxygen atoms in total. The van der Waals surface area contributed by atoms with Crippen LogP contribution in [0.4, 0.5) is 0 Å². The highest BCUT2D eigenvalue weighted by atomic mass is 28.2. The lowest BCUT2D eigenvalue weighted by Crippen LogP contribution is -3.02. The molecule has 0 atom stereocenters. The van der Waals surface area contributed by atoms with Crippen LogP contribution < -0.4 is 9.70 Å². The van der Waals surface area contributed by atoms with Crippen molar-refractivity contribution in [3.8, 4) is 0 Å². The molecular weight excluding hydrogens is 94.1 g/mol. The van der Waals surface area contributed by atoms with Crippen molar-refractivity contribution in [3.05, 3.63) is 0 Å². The molecule has 0 aromatic rings. The first-order valence-corrected chi connectivity index (χ1v) is 2.11. The molecule has 0 saturated heterocycles. The third kappa shape index (κ3) is 2170. The lowest BCUT2D eigenvalue weighted by molar-refractivity contribution is -0.836. The number of quaternary nitrogens is 1. The van der Waals surface area contributed by atoms with Crippen molar-refractivity contribution in [1.82, 2.24) is 0 Å². The average molecular weight is 104 g/mol. The zero-order valence-electron chi connectivity index (χ0n) is 4.41. The fourth-order valence-electron chi connectivity index (χ4n) is 0. The summed E-state index contributed by atoms with van der Waals surface area (Å²) in [4.78, 5) is 9.47. The van der Waals surface area contributed by atoms with Crippen LogP contribution in [0.2, 0.25) is 0 Å². The third-order valence-electron chi connectivity index (χ3n) is 0. The molecule has 0 unspecified atom stereocenters. The van der Waals surface area contributed by atoms with Crippen molar-refractivity contribution in [1.29, 1.82) is 0 Å². The molecule has 0 saturated carbocycles. The SMILES string of the molecule is C[NH+](C)C.[O-][Si]. The molecule has 0 amide bonds. The van der Waals surface area contributed by atoms with Gasteiger partial charge in [-0.1, -0.05) is 0 Å². The van der Waals surface area contributed by atoms with Crippen LogP contribution in [-0.2, 0) is 0 Å². The van der Waals surface area contributed by atoms with Gasteiger partial charge in [-0.3, -0.25) is 0 Å². The summed E-state index contributed by atoms with van der Waals surface area (Å²) in [5, 5.41) is 0. The average Bonchev–Trinajstić information content (AvgIpc) is 1.41. The van der Waals surface area contributed by atoms with Crippen molar-refractivity contribution in [2.75, 3.05) is 21.1 Å². The Balaban J connectivity index is 0. The number of hydrogen-bond donors (Lipinski definition) is 1. The third-order valence-corrected chi connectivity index (χ3v) is 0. The van der Waals surface area contributed by atoms with Crippen molar-refractivity contribution < 1.29 is 9.70 Å². The summed E-state index contributed by atoms with van der Waals surface area (Å²) in [6, 6.07) is 0. The molecule has 0 fully saturated rings. The molecular formula is C3H10NOSi. The highest BCUT2D eigenvalue weighted by Crippen LogP contribution is 0.864. The van der Waals surface area contributed by atoms with Crippen LogP contribution >= 0.6 is 0 Å². The summed E-state index contributed by atoms with van der Waals surface area (Å²) in [7, 11) is 7.97. The Morgan fingerprint density at radius 1 is 1.17 bits per heavy atom. The van der Waals surface area contributed by atoms with Crippen LogP contribution in [0.15, 0.2) is 0 Å². The van der Waals surface area contributed by atoms with E-state index in [1.54, 1.807) is 10.5 Å². The predicted octanol–water partition coefficient (Wildman–Crippen LogP) is -2.81. The Morgan fingerprint density at radius 2 is 1.17 bits per heavy atom. The van der Waals surface area contributed by atoms with Gasteiger partial charge in [-0.25, -0.2) is 0 Å². The Morgan fingerprint density at radius 3 is 1.17 bits per heavy atom. The summed E-state index contributed by atoms with van der Waals surface area (Å²) in [5.41, 5.74) is 0. The molecule has 0 aliphatic rings. The molecule has 37 valence electrons. The molecule has 0 aliphatic carbocycles. The molecule has 3 heteroatoms. The van der Waals surface area contributed by atoms with Crippen LogP contribution in [0.3, 0.4) is 0 Å². The molecule has 0 spiro atoms. The Labute approximate surface area is 42.3 Å². The number of rotatable bonds is 0. The van der Waals surface area contributed by atoms with E-state index in [0.717, 1.165) is 0 Å². The van der Waals surface area contributed by atoms with Gasteiger partial charge in [0.2, 0.25) is 0 Å². The summed E-state index contributed by atoms with van der Waals surface area (Å²) in [6.45, 7) is 0. The van der Waals surface area contributed by atoms with E-state index in [-0.39, 0.29) is 0 Å². The van der Waals surface area contributed by atoms with E-state index >= 15 is 0 Å². The minimum Gasteiger partial charge on any atom is -0.866 e. The molecule has 3 radical (unpaired) electrons. The smallest absolute Gasteiger partial charge is 0.0661 e. The van der Waals surface area contributed by atoms with Gasteiger partial charge in [0.25, 0.3) is 0 Å². The largest absolute Gasteiger partial charge is 0.866 e. The van der Waals surface area contributed by atoms with Crippen LogP contribution in [0.5, 0.6) is 0 Å². The van der Waals surface area contributed by atoms with Gasteiger partial charge >= 0.3 is 0 Å². The fraction of sp³-hybridized carbons (Fsp3) is 1.00. The topological polar surface area (TPSA) is 27.5 Å². The lowest BCUT2D eigenvalue weighted by Gasteiger charge is -1.88. The Bertz CT molecular complexity index is 15.5. The summed E-state index contributed by atoms with van der Waals surface area (Å²) in [5.74, 6) is 0. The van der Waals surface area contributed by atoms with Gasteiger partial charge in [0, 0.05) is 0 Å². The van der Waals surface area contributed by atoms with Crippen molar-refractivity contribution >= 4 is 10.5 Å². The van der Waals surface area contributed by atoms with Gasteiger partial charge in [0.15, 0.2) is 0 Å². The minimum atomic E-state index is 1.42. The van der Waals surface area contributed by atoms with Gasteiger partial charge < -0.3 is 9.70 Å². The molecule has 0 rings (SSSR count). The van der Waals surface area contributed by atoms with Gasteiger partial charge in [0.05, 0.1) is 21.1 Å². The first-order valence-electron chi connectivity index (χ1n) is 1.70. The summed E-state index contributed by atoms with van der Waals surface area (Å²) >= 11 is 0. The fourth-order valence-corrected chi connectivity index (χ4v) is 0. The normalized spacial score (nSPS) is 7.00. The first kappa shape index (κ1) is 9.46. The maximum atomic E-state index is 8.06. The molecule has 0 aromatic heterocycles. The van der Waals surface area contributed by atoms with Crippen molar-refractivity contribution in [2.45, 2.75) is 0 Å². The molecule has 0 aromatic carbocycles. The lowest BCUT2D eigenvalue weighted by atomic mass is 11.0. The highest BCUT2D eigenvalue weighted by Gasteiger charge is 1.61. The van der Waals surface area contributed by atoms with Crippen LogP contribution in [0.1, 0.15) is 0 Å². The maximum Gasteiger partial charge on any atom is 0.0661 e. The second-order valence-electron chi connectivity index (χ2n) is 1.50. The van der Waals surface area contributed by atoms with Crippen molar-refractivity contribution in [2.24, 2.45) is 0 Å². The van der Waals surface area contributed by atoms with E-state index in [2.05, 4.69) is 21.1 Å². The second-order valence-corrected chi connectivity index (χ2v) is 1.50. The van der Waals surface area contributed by atoms with Crippen LogP contribution in [0.25, 0.3) is 0 Å². The first-order chi connectivity index (χ1) is 2.73. The Hall–Kier alpha value is 0.137. The van der Waals surface area contributed by atoms with E-state index in [1.165, 1.54) is 4.90 Å². The molecule has 0 bridgehead atoms. The van der Waals surface area contributed by atoms with E-state index in [9.17, 15) is 0 Å². The van der Waals surface area contributed by atoms with E-state index in [4.69, 9.17) is 4.80 Å².